The van der Waals surface area contributed by atoms with Gasteiger partial charge in [-0.3, -0.25) is 28.9 Å². The minimum atomic E-state index is -0.613. The van der Waals surface area contributed by atoms with Crippen molar-refractivity contribution in [3.05, 3.63) is 12.2 Å². The van der Waals surface area contributed by atoms with Crippen molar-refractivity contribution in [2.24, 2.45) is 11.8 Å². The first kappa shape index (κ1) is 37.3. The summed E-state index contributed by atoms with van der Waals surface area (Å²) in [5.74, 6) is -1.31. The van der Waals surface area contributed by atoms with Crippen molar-refractivity contribution >= 4 is 35.8 Å². The Morgan fingerprint density at radius 2 is 1.65 bits per heavy atom. The van der Waals surface area contributed by atoms with E-state index in [1.165, 1.54) is 19.3 Å². The van der Waals surface area contributed by atoms with Crippen molar-refractivity contribution in [3.8, 4) is 0 Å². The zero-order valence-electron chi connectivity index (χ0n) is 27.5. The number of hydrogen-bond donors (Lipinski definition) is 1. The van der Waals surface area contributed by atoms with Crippen molar-refractivity contribution in [2.75, 3.05) is 66.9 Å². The summed E-state index contributed by atoms with van der Waals surface area (Å²) in [6, 6.07) is -0.932. The fourth-order valence-corrected chi connectivity index (χ4v) is 6.59. The number of likely N-dealkylation sites (tertiary alicyclic amines) is 1. The lowest BCUT2D eigenvalue weighted by Gasteiger charge is -2.37. The maximum Gasteiger partial charge on any atom is 0.253 e. The Bertz CT molecular complexity index is 1080. The fourth-order valence-electron chi connectivity index (χ4n) is 6.59. The smallest absolute Gasteiger partial charge is 0.253 e. The van der Waals surface area contributed by atoms with Gasteiger partial charge in [0.25, 0.3) is 11.8 Å². The number of hydrogen-bond acceptors (Lipinski definition) is 10. The van der Waals surface area contributed by atoms with Crippen molar-refractivity contribution in [3.63, 3.8) is 0 Å². The molecule has 2 fully saturated rings. The summed E-state index contributed by atoms with van der Waals surface area (Å²) in [5, 5.41) is 2.77. The van der Waals surface area contributed by atoms with Crippen LogP contribution in [-0.2, 0) is 47.7 Å². The topological polar surface area (TPSA) is 161 Å². The van der Waals surface area contributed by atoms with Gasteiger partial charge in [-0.1, -0.05) is 20.3 Å². The second-order valence-electron chi connectivity index (χ2n) is 12.0. The van der Waals surface area contributed by atoms with Gasteiger partial charge in [-0.2, -0.15) is 0 Å². The van der Waals surface area contributed by atoms with Gasteiger partial charge in [0.15, 0.2) is 0 Å². The third-order valence-electron chi connectivity index (χ3n) is 9.20. The van der Waals surface area contributed by atoms with Crippen LogP contribution in [0.5, 0.6) is 0 Å². The van der Waals surface area contributed by atoms with Crippen molar-refractivity contribution in [2.45, 2.75) is 76.6 Å². The van der Waals surface area contributed by atoms with Crippen molar-refractivity contribution in [1.82, 2.24) is 20.0 Å². The second-order valence-corrected chi connectivity index (χ2v) is 12.0. The second kappa shape index (κ2) is 18.8. The lowest BCUT2D eigenvalue weighted by molar-refractivity contribution is -0.145. The van der Waals surface area contributed by atoms with E-state index < -0.39 is 12.1 Å². The average Bonchev–Trinajstić information content (AvgIpc) is 3.76. The van der Waals surface area contributed by atoms with E-state index in [1.54, 1.807) is 16.8 Å². The standard InChI is InChI=1S/C32H50N4O10/c1-5-22(2)30(25(43-4)10-13-37)34(3)29(41)21-33-32(42)31-23-6-7-24(20-23)36(31)28(40)11-14-44-16-18-46-19-17-45-15-12-35-26(38)8-9-27(35)39/h8-9,13,22-25,30-31H,5-7,10-12,14-21H2,1-4H3,(H,33,42). The number of ether oxygens (including phenoxy) is 4. The third kappa shape index (κ3) is 9.90. The van der Waals surface area contributed by atoms with E-state index in [-0.39, 0.29) is 99.2 Å². The average molecular weight is 651 g/mol. The summed E-state index contributed by atoms with van der Waals surface area (Å²) < 4.78 is 22.0. The number of imide groups is 1. The van der Waals surface area contributed by atoms with Gasteiger partial charge in [0.1, 0.15) is 12.3 Å². The van der Waals surface area contributed by atoms with Crippen LogP contribution in [0.25, 0.3) is 0 Å². The largest absolute Gasteiger partial charge is 0.379 e. The predicted molar refractivity (Wildman–Crippen MR) is 165 cm³/mol. The van der Waals surface area contributed by atoms with Crippen LogP contribution >= 0.6 is 0 Å². The Labute approximate surface area is 271 Å². The van der Waals surface area contributed by atoms with E-state index in [9.17, 15) is 28.8 Å². The number of nitrogens with zero attached hydrogens (tertiary/aromatic N) is 3. The molecular formula is C32H50N4O10. The minimum Gasteiger partial charge on any atom is -0.379 e. The summed E-state index contributed by atoms with van der Waals surface area (Å²) in [5.41, 5.74) is 0. The summed E-state index contributed by atoms with van der Waals surface area (Å²) >= 11 is 0. The SMILES string of the molecule is CCC(C)C(C(CC=O)OC)N(C)C(=O)CNC(=O)C1C2CCC(C2)N1C(=O)CCOCCOCCOCCN1C(=O)C=CC1=O. The fraction of sp³-hybridized carbons (Fsp3) is 0.750. The van der Waals surface area contributed by atoms with E-state index >= 15 is 0 Å². The molecule has 0 radical (unpaired) electrons. The molecule has 3 rings (SSSR count). The Morgan fingerprint density at radius 1 is 1.02 bits per heavy atom. The predicted octanol–water partition coefficient (Wildman–Crippen LogP) is 0.324. The molecule has 1 N–H and O–H groups in total. The molecule has 14 nitrogen and oxygen atoms in total. The number of nitrogens with one attached hydrogen (secondary N) is 1. The molecule has 0 aromatic heterocycles. The normalized spacial score (nSPS) is 22.3. The van der Waals surface area contributed by atoms with Crippen LogP contribution in [0, 0.1) is 11.8 Å². The molecular weight excluding hydrogens is 600 g/mol. The van der Waals surface area contributed by atoms with Gasteiger partial charge in [-0.25, -0.2) is 0 Å². The first-order valence-electron chi connectivity index (χ1n) is 16.2. The van der Waals surface area contributed by atoms with E-state index in [0.717, 1.165) is 36.9 Å². The van der Waals surface area contributed by atoms with Gasteiger partial charge >= 0.3 is 0 Å². The highest BCUT2D eigenvalue weighted by molar-refractivity contribution is 6.12. The summed E-state index contributed by atoms with van der Waals surface area (Å²) in [4.78, 5) is 78.2. The quantitative estimate of drug-likeness (QED) is 0.0982. The lowest BCUT2D eigenvalue weighted by atomic mass is 9.91. The monoisotopic (exact) mass is 650 g/mol. The maximum atomic E-state index is 13.3. The molecule has 14 heteroatoms. The van der Waals surface area contributed by atoms with Crippen molar-refractivity contribution < 1.29 is 47.7 Å². The molecule has 1 saturated heterocycles. The molecule has 258 valence electrons. The number of fused-ring (bicyclic) bond motifs is 2. The third-order valence-corrected chi connectivity index (χ3v) is 9.20. The molecule has 0 spiro atoms. The zero-order valence-corrected chi connectivity index (χ0v) is 27.5. The van der Waals surface area contributed by atoms with E-state index in [2.05, 4.69) is 5.32 Å². The van der Waals surface area contributed by atoms with Gasteiger partial charge in [-0.05, 0) is 31.1 Å². The Kier molecular flexibility index (Phi) is 15.2. The van der Waals surface area contributed by atoms with Crippen LogP contribution in [-0.4, -0.2) is 142 Å². The molecule has 3 aliphatic rings. The summed E-state index contributed by atoms with van der Waals surface area (Å²) in [7, 11) is 3.19. The number of methoxy groups -OCH3 is 1. The molecule has 2 aliphatic heterocycles. The molecule has 0 aromatic rings. The van der Waals surface area contributed by atoms with Gasteiger partial charge in [0, 0.05) is 38.8 Å². The summed E-state index contributed by atoms with van der Waals surface area (Å²) in [6.07, 6.45) is 6.37. The van der Waals surface area contributed by atoms with Crippen LogP contribution in [0.4, 0.5) is 0 Å². The van der Waals surface area contributed by atoms with E-state index in [0.29, 0.717) is 19.8 Å². The first-order chi connectivity index (χ1) is 22.1. The molecule has 1 saturated carbocycles. The lowest BCUT2D eigenvalue weighted by Crippen LogP contribution is -2.55. The molecule has 6 unspecified atom stereocenters. The Balaban J connectivity index is 1.35. The molecule has 5 amide bonds. The first-order valence-corrected chi connectivity index (χ1v) is 16.2. The number of amides is 5. The van der Waals surface area contributed by atoms with Crippen LogP contribution in [0.1, 0.15) is 52.4 Å². The summed E-state index contributed by atoms with van der Waals surface area (Å²) in [6.45, 7) is 5.62. The van der Waals surface area contributed by atoms with Gasteiger partial charge in [-0.15, -0.1) is 0 Å². The molecule has 2 heterocycles. The van der Waals surface area contributed by atoms with E-state index in [1.807, 2.05) is 13.8 Å². The highest BCUT2D eigenvalue weighted by atomic mass is 16.5. The number of likely N-dealkylation sites (N-methyl/N-ethyl adjacent to an activating group) is 1. The van der Waals surface area contributed by atoms with Gasteiger partial charge < -0.3 is 38.9 Å². The van der Waals surface area contributed by atoms with Gasteiger partial charge in [0.2, 0.25) is 17.7 Å². The zero-order chi connectivity index (χ0) is 33.6. The minimum absolute atomic E-state index is 0.00789. The highest BCUT2D eigenvalue weighted by Gasteiger charge is 2.51. The molecule has 0 aromatic carbocycles. The molecule has 6 atom stereocenters. The number of rotatable bonds is 22. The molecule has 46 heavy (non-hydrogen) atoms. The molecule has 2 bridgehead atoms. The highest BCUT2D eigenvalue weighted by Crippen LogP contribution is 2.42. The van der Waals surface area contributed by atoms with Crippen LogP contribution in [0.3, 0.4) is 0 Å². The molecule has 1 aliphatic carbocycles. The Morgan fingerprint density at radius 3 is 2.26 bits per heavy atom. The van der Waals surface area contributed by atoms with Crippen LogP contribution < -0.4 is 5.32 Å². The van der Waals surface area contributed by atoms with Gasteiger partial charge in [0.05, 0.1) is 71.3 Å². The number of piperidine rings is 1. The number of carbonyl (C=O) groups excluding carboxylic acids is 6. The van der Waals surface area contributed by atoms with Crippen LogP contribution in [0.15, 0.2) is 12.2 Å². The van der Waals surface area contributed by atoms with Crippen molar-refractivity contribution in [1.29, 1.82) is 0 Å². The van der Waals surface area contributed by atoms with Crippen LogP contribution in [0.2, 0.25) is 0 Å². The Hall–Kier alpha value is -3.20. The number of aldehydes is 1. The maximum absolute atomic E-state index is 13.3. The number of carbonyl (C=O) groups is 6. The van der Waals surface area contributed by atoms with E-state index in [4.69, 9.17) is 18.9 Å².